The van der Waals surface area contributed by atoms with Crippen LogP contribution < -0.4 is 0 Å². The van der Waals surface area contributed by atoms with Crippen LogP contribution in [0.25, 0.3) is 0 Å². The van der Waals surface area contributed by atoms with E-state index in [2.05, 4.69) is 9.47 Å². The van der Waals surface area contributed by atoms with Crippen molar-refractivity contribution in [3.63, 3.8) is 0 Å². The molecule has 0 bridgehead atoms. The molecule has 0 N–H and O–H groups in total. The highest BCUT2D eigenvalue weighted by Gasteiger charge is 2.38. The molecule has 0 radical (unpaired) electrons. The normalized spacial score (nSPS) is 20.4. The molecule has 0 heterocycles. The van der Waals surface area contributed by atoms with Crippen LogP contribution in [0.3, 0.4) is 0 Å². The molecule has 0 aromatic heterocycles. The Bertz CT molecular complexity index is 508. The second-order valence-corrected chi connectivity index (χ2v) is 5.99. The first-order chi connectivity index (χ1) is 11.3. The predicted octanol–water partition coefficient (Wildman–Crippen LogP) is 0.922. The van der Waals surface area contributed by atoms with E-state index in [1.807, 2.05) is 13.0 Å². The summed E-state index contributed by atoms with van der Waals surface area (Å²) in [6, 6.07) is 0. The number of hydrogen-bond donors (Lipinski definition) is 0. The molecule has 0 saturated heterocycles. The van der Waals surface area contributed by atoms with Crippen LogP contribution in [-0.2, 0) is 38.1 Å². The highest BCUT2D eigenvalue weighted by atomic mass is 16.6. The van der Waals surface area contributed by atoms with E-state index in [1.165, 1.54) is 0 Å². The van der Waals surface area contributed by atoms with Crippen LogP contribution in [0.5, 0.6) is 0 Å². The number of carbonyl (C=O) groups excluding carboxylic acids is 4. The third-order valence-corrected chi connectivity index (χ3v) is 3.90. The van der Waals surface area contributed by atoms with Gasteiger partial charge in [-0.25, -0.2) is 9.59 Å². The van der Waals surface area contributed by atoms with Crippen molar-refractivity contribution in [1.29, 1.82) is 0 Å². The highest BCUT2D eigenvalue weighted by Crippen LogP contribution is 2.35. The fraction of sp³-hybridized carbons (Fsp3) is 0.625. The topological polar surface area (TPSA) is 105 Å². The zero-order valence-electron chi connectivity index (χ0n) is 14.0. The van der Waals surface area contributed by atoms with Crippen molar-refractivity contribution in [3.8, 4) is 0 Å². The first-order valence-electron chi connectivity index (χ1n) is 7.48. The molecule has 0 fully saturated rings. The summed E-state index contributed by atoms with van der Waals surface area (Å²) in [5.74, 6) is -1.38. The van der Waals surface area contributed by atoms with E-state index in [9.17, 15) is 19.2 Å². The standard InChI is InChI=1S/C16H22O8/c1-11-4-5-12(6-13(11)23-14(19)7-21-9-17)16(2,3)24-15(20)8-22-10-18/h4,9-10,12-13H,5-8H2,1-3H3. The highest BCUT2D eigenvalue weighted by molar-refractivity contribution is 5.73. The minimum absolute atomic E-state index is 0.0915. The van der Waals surface area contributed by atoms with E-state index in [-0.39, 0.29) is 18.9 Å². The van der Waals surface area contributed by atoms with Gasteiger partial charge < -0.3 is 18.9 Å². The van der Waals surface area contributed by atoms with Crippen LogP contribution in [0.4, 0.5) is 0 Å². The Labute approximate surface area is 140 Å². The maximum atomic E-state index is 11.6. The third-order valence-electron chi connectivity index (χ3n) is 3.90. The lowest BCUT2D eigenvalue weighted by atomic mass is 9.78. The predicted molar refractivity (Wildman–Crippen MR) is 80.6 cm³/mol. The summed E-state index contributed by atoms with van der Waals surface area (Å²) in [6.45, 7) is 4.80. The molecule has 2 atom stereocenters. The van der Waals surface area contributed by atoms with Crippen molar-refractivity contribution in [3.05, 3.63) is 11.6 Å². The van der Waals surface area contributed by atoms with Crippen molar-refractivity contribution in [2.75, 3.05) is 13.2 Å². The minimum atomic E-state index is -0.829. The van der Waals surface area contributed by atoms with Crippen LogP contribution in [0.2, 0.25) is 0 Å². The van der Waals surface area contributed by atoms with E-state index in [4.69, 9.17) is 9.47 Å². The molecule has 8 heteroatoms. The number of esters is 2. The summed E-state index contributed by atoms with van der Waals surface area (Å²) < 4.78 is 19.4. The van der Waals surface area contributed by atoms with Gasteiger partial charge in [0.25, 0.3) is 12.9 Å². The Balaban J connectivity index is 2.66. The Morgan fingerprint density at radius 2 is 1.75 bits per heavy atom. The van der Waals surface area contributed by atoms with Crippen LogP contribution >= 0.6 is 0 Å². The smallest absolute Gasteiger partial charge is 0.344 e. The van der Waals surface area contributed by atoms with Crippen LogP contribution in [0, 0.1) is 5.92 Å². The van der Waals surface area contributed by atoms with Gasteiger partial charge in [-0.05, 0) is 39.2 Å². The van der Waals surface area contributed by atoms with Crippen molar-refractivity contribution in [1.82, 2.24) is 0 Å². The number of carbonyl (C=O) groups is 4. The SMILES string of the molecule is CC1=CCC(C(C)(C)OC(=O)COC=O)CC1OC(=O)COC=O. The number of ether oxygens (including phenoxy) is 4. The molecular formula is C16H22O8. The molecule has 2 unspecified atom stereocenters. The summed E-state index contributed by atoms with van der Waals surface area (Å²) in [5.41, 5.74) is 0.0573. The lowest BCUT2D eigenvalue weighted by Crippen LogP contribution is -2.41. The molecule has 1 rings (SSSR count). The minimum Gasteiger partial charge on any atom is -0.457 e. The maximum Gasteiger partial charge on any atom is 0.344 e. The fourth-order valence-electron chi connectivity index (χ4n) is 2.51. The van der Waals surface area contributed by atoms with Gasteiger partial charge in [0.1, 0.15) is 11.7 Å². The number of hydrogen-bond acceptors (Lipinski definition) is 8. The molecular weight excluding hydrogens is 320 g/mol. The van der Waals surface area contributed by atoms with Crippen molar-refractivity contribution >= 4 is 24.9 Å². The fourth-order valence-corrected chi connectivity index (χ4v) is 2.51. The summed E-state index contributed by atoms with van der Waals surface area (Å²) in [5, 5.41) is 0. The average Bonchev–Trinajstić information content (AvgIpc) is 2.52. The second-order valence-electron chi connectivity index (χ2n) is 5.99. The zero-order valence-corrected chi connectivity index (χ0v) is 14.0. The molecule has 24 heavy (non-hydrogen) atoms. The van der Waals surface area contributed by atoms with Gasteiger partial charge in [-0.1, -0.05) is 6.08 Å². The van der Waals surface area contributed by atoms with Crippen molar-refractivity contribution in [2.45, 2.75) is 45.3 Å². The summed E-state index contributed by atoms with van der Waals surface area (Å²) in [7, 11) is 0. The summed E-state index contributed by atoms with van der Waals surface area (Å²) >= 11 is 0. The molecule has 0 saturated carbocycles. The van der Waals surface area contributed by atoms with Gasteiger partial charge in [0, 0.05) is 5.92 Å². The van der Waals surface area contributed by atoms with Gasteiger partial charge in [-0.15, -0.1) is 0 Å². The van der Waals surface area contributed by atoms with E-state index in [1.54, 1.807) is 13.8 Å². The molecule has 1 aliphatic rings. The first-order valence-corrected chi connectivity index (χ1v) is 7.48. The van der Waals surface area contributed by atoms with Crippen molar-refractivity contribution in [2.24, 2.45) is 5.92 Å². The van der Waals surface area contributed by atoms with Crippen LogP contribution in [-0.4, -0.2) is 49.8 Å². The van der Waals surface area contributed by atoms with Crippen LogP contribution in [0.1, 0.15) is 33.6 Å². The van der Waals surface area contributed by atoms with Gasteiger partial charge in [-0.2, -0.15) is 0 Å². The monoisotopic (exact) mass is 342 g/mol. The Morgan fingerprint density at radius 1 is 1.17 bits per heavy atom. The summed E-state index contributed by atoms with van der Waals surface area (Å²) in [6.07, 6.45) is 2.56. The second kappa shape index (κ2) is 9.05. The third kappa shape index (κ3) is 6.02. The molecule has 0 aromatic rings. The zero-order chi connectivity index (χ0) is 18.2. The maximum absolute atomic E-state index is 11.6. The summed E-state index contributed by atoms with van der Waals surface area (Å²) in [4.78, 5) is 43.5. The van der Waals surface area contributed by atoms with Gasteiger partial charge >= 0.3 is 11.9 Å². The molecule has 0 amide bonds. The largest absolute Gasteiger partial charge is 0.457 e. The van der Waals surface area contributed by atoms with E-state index < -0.39 is 36.9 Å². The van der Waals surface area contributed by atoms with E-state index >= 15 is 0 Å². The van der Waals surface area contributed by atoms with E-state index in [0.29, 0.717) is 12.8 Å². The lowest BCUT2D eigenvalue weighted by Gasteiger charge is -2.38. The Morgan fingerprint density at radius 3 is 2.33 bits per heavy atom. The van der Waals surface area contributed by atoms with Crippen LogP contribution in [0.15, 0.2) is 11.6 Å². The van der Waals surface area contributed by atoms with E-state index in [0.717, 1.165) is 5.57 Å². The van der Waals surface area contributed by atoms with Crippen molar-refractivity contribution < 1.29 is 38.1 Å². The number of rotatable bonds is 9. The van der Waals surface area contributed by atoms with Gasteiger partial charge in [0.2, 0.25) is 0 Å². The molecule has 1 aliphatic carbocycles. The number of allylic oxidation sites excluding steroid dienone is 1. The van der Waals surface area contributed by atoms with Gasteiger partial charge in [-0.3, -0.25) is 9.59 Å². The quantitative estimate of drug-likeness (QED) is 0.264. The average molecular weight is 342 g/mol. The molecule has 134 valence electrons. The molecule has 0 aromatic carbocycles. The first kappa shape index (κ1) is 19.7. The Hall–Kier alpha value is -2.38. The molecule has 0 spiro atoms. The lowest BCUT2D eigenvalue weighted by molar-refractivity contribution is -0.171. The Kier molecular flexibility index (Phi) is 7.41. The molecule has 8 nitrogen and oxygen atoms in total. The van der Waals surface area contributed by atoms with Gasteiger partial charge in [0.05, 0.1) is 0 Å². The van der Waals surface area contributed by atoms with Gasteiger partial charge in [0.15, 0.2) is 13.2 Å². The molecule has 0 aliphatic heterocycles.